The molecule has 0 saturated heterocycles. The molecule has 1 N–H and O–H groups in total. The Kier molecular flexibility index (Phi) is 7.68. The summed E-state index contributed by atoms with van der Waals surface area (Å²) in [7, 11) is -4.05. The van der Waals surface area contributed by atoms with Crippen LogP contribution >= 0.6 is 0 Å². The van der Waals surface area contributed by atoms with E-state index < -0.39 is 10.1 Å². The van der Waals surface area contributed by atoms with Gasteiger partial charge in [-0.25, -0.2) is 4.98 Å². The van der Waals surface area contributed by atoms with E-state index in [1.54, 1.807) is 19.1 Å². The highest BCUT2D eigenvalue weighted by atomic mass is 32.2. The summed E-state index contributed by atoms with van der Waals surface area (Å²) in [6, 6.07) is 13.7. The molecule has 4 rings (SSSR count). The van der Waals surface area contributed by atoms with E-state index in [9.17, 15) is 22.6 Å². The van der Waals surface area contributed by atoms with Crippen LogP contribution in [0.3, 0.4) is 0 Å². The van der Waals surface area contributed by atoms with E-state index in [0.29, 0.717) is 37.2 Å². The minimum Gasteiger partial charge on any atom is -0.292 e. The molecule has 1 aromatic heterocycles. The zero-order chi connectivity index (χ0) is 27.8. The van der Waals surface area contributed by atoms with Crippen LogP contribution in [0.2, 0.25) is 0 Å². The summed E-state index contributed by atoms with van der Waals surface area (Å²) in [6.45, 7) is 10.5. The second-order valence-corrected chi connectivity index (χ2v) is 12.0. The molecule has 2 aromatic carbocycles. The molecule has 1 aliphatic heterocycles. The molecule has 7 nitrogen and oxygen atoms in total. The lowest BCUT2D eigenvalue weighted by molar-refractivity contribution is -0.437. The van der Waals surface area contributed by atoms with Gasteiger partial charge in [0, 0.05) is 31.7 Å². The maximum atomic E-state index is 12.9. The number of nitrogens with zero attached hydrogens (tertiary/aromatic N) is 2. The molecule has 2 heterocycles. The van der Waals surface area contributed by atoms with Gasteiger partial charge in [-0.3, -0.25) is 14.1 Å². The Labute approximate surface area is 224 Å². The molecule has 8 heteroatoms. The predicted octanol–water partition coefficient (Wildman–Crippen LogP) is 6.15. The Bertz CT molecular complexity index is 1590. The predicted molar refractivity (Wildman–Crippen MR) is 151 cm³/mol. The Hall–Kier alpha value is -3.23. The van der Waals surface area contributed by atoms with Gasteiger partial charge in [-0.2, -0.15) is 13.0 Å². The van der Waals surface area contributed by atoms with Gasteiger partial charge in [0.25, 0.3) is 10.1 Å². The Morgan fingerprint density at radius 3 is 2.24 bits per heavy atom. The largest absolute Gasteiger partial charge is 0.292 e. The van der Waals surface area contributed by atoms with E-state index in [2.05, 4.69) is 29.5 Å². The van der Waals surface area contributed by atoms with Crippen LogP contribution < -0.4 is 0 Å². The van der Waals surface area contributed by atoms with Crippen molar-refractivity contribution in [1.82, 2.24) is 4.98 Å². The topological polar surface area (TPSA) is 104 Å². The van der Waals surface area contributed by atoms with Gasteiger partial charge in [0.1, 0.15) is 17.9 Å². The fourth-order valence-corrected chi connectivity index (χ4v) is 5.75. The minimum atomic E-state index is -4.05. The molecule has 200 valence electrons. The number of Topliss-reactive ketones (excluding diaryl/α,β-unsaturated/α-hetero) is 2. The van der Waals surface area contributed by atoms with Gasteiger partial charge >= 0.3 is 0 Å². The first-order valence-corrected chi connectivity index (χ1v) is 14.7. The fourth-order valence-electron chi connectivity index (χ4n) is 5.26. The van der Waals surface area contributed by atoms with Gasteiger partial charge in [-0.1, -0.05) is 32.0 Å². The first-order chi connectivity index (χ1) is 17.9. The lowest BCUT2D eigenvalue weighted by atomic mass is 9.79. The first kappa shape index (κ1) is 27.8. The fraction of sp³-hybridized carbons (Fsp3) is 0.400. The summed E-state index contributed by atoms with van der Waals surface area (Å²) in [5, 5.41) is 1.96. The van der Waals surface area contributed by atoms with Crippen molar-refractivity contribution in [1.29, 1.82) is 0 Å². The van der Waals surface area contributed by atoms with Gasteiger partial charge in [0.15, 0.2) is 17.3 Å². The molecule has 0 unspecified atom stereocenters. The molecular weight excluding hydrogens is 500 g/mol. The van der Waals surface area contributed by atoms with E-state index >= 15 is 0 Å². The molecule has 0 spiro atoms. The smallest absolute Gasteiger partial charge is 0.265 e. The molecule has 0 fully saturated rings. The number of pyridine rings is 1. The number of hydrogen-bond donors (Lipinski definition) is 1. The highest BCUT2D eigenvalue weighted by Gasteiger charge is 2.44. The summed E-state index contributed by atoms with van der Waals surface area (Å²) in [6.07, 6.45) is 1.64. The van der Waals surface area contributed by atoms with Gasteiger partial charge in [-0.05, 0) is 61.0 Å². The number of aromatic nitrogens is 1. The standard InChI is InChI=1S/C30H34N2O5S/c1-6-11-28(34)26-17-20(16-25(31-26)27(33)7-2)23-18-24-29(22-13-9-8-12-21(22)23)32(19(3)30(24,4)5)14-10-15-38(35,36)37/h8-9,12-13,16-18H,6-7,10-11,14-15H2,1-5H3/p+1. The lowest BCUT2D eigenvalue weighted by Gasteiger charge is -2.18. The summed E-state index contributed by atoms with van der Waals surface area (Å²) < 4.78 is 34.1. The average molecular weight is 536 g/mol. The summed E-state index contributed by atoms with van der Waals surface area (Å²) >= 11 is 0. The monoisotopic (exact) mass is 535 g/mol. The van der Waals surface area contributed by atoms with Gasteiger partial charge < -0.3 is 0 Å². The second-order valence-electron chi connectivity index (χ2n) is 10.4. The third kappa shape index (κ3) is 5.20. The molecular formula is C30H35N2O5S+. The molecule has 0 atom stereocenters. The van der Waals surface area contributed by atoms with Crippen LogP contribution in [0, 0.1) is 0 Å². The number of ketones is 2. The number of benzene rings is 2. The molecule has 0 aliphatic carbocycles. The molecule has 0 saturated carbocycles. The van der Waals surface area contributed by atoms with E-state index in [4.69, 9.17) is 0 Å². The maximum Gasteiger partial charge on any atom is 0.265 e. The molecule has 38 heavy (non-hydrogen) atoms. The molecule has 0 bridgehead atoms. The molecule has 3 aromatic rings. The Morgan fingerprint density at radius 2 is 1.63 bits per heavy atom. The first-order valence-electron chi connectivity index (χ1n) is 13.1. The number of carbonyl (C=O) groups excluding carboxylic acids is 2. The van der Waals surface area contributed by atoms with Gasteiger partial charge in [0.05, 0.1) is 16.6 Å². The third-order valence-electron chi connectivity index (χ3n) is 7.56. The Morgan fingerprint density at radius 1 is 1.00 bits per heavy atom. The SMILES string of the molecule is CCCC(=O)c1cc(-c2cc3c(c4ccccc24)[N+](CCCS(=O)(=O)O)=C(C)C3(C)C)cc(C(=O)CC)n1. The van der Waals surface area contributed by atoms with E-state index in [0.717, 1.165) is 38.9 Å². The van der Waals surface area contributed by atoms with Gasteiger partial charge in [0.2, 0.25) is 5.69 Å². The zero-order valence-corrected chi connectivity index (χ0v) is 23.5. The summed E-state index contributed by atoms with van der Waals surface area (Å²) in [5.41, 5.74) is 5.12. The van der Waals surface area contributed by atoms with Crippen LogP contribution in [0.4, 0.5) is 5.69 Å². The molecule has 0 amide bonds. The number of fused-ring (bicyclic) bond motifs is 3. The number of hydrogen-bond acceptors (Lipinski definition) is 5. The van der Waals surface area contributed by atoms with Crippen LogP contribution in [0.25, 0.3) is 21.9 Å². The number of rotatable bonds is 10. The zero-order valence-electron chi connectivity index (χ0n) is 22.7. The highest BCUT2D eigenvalue weighted by Crippen LogP contribution is 2.47. The van der Waals surface area contributed by atoms with Crippen molar-refractivity contribution in [3.63, 3.8) is 0 Å². The van der Waals surface area contributed by atoms with Crippen LogP contribution in [0.1, 0.15) is 86.8 Å². The second kappa shape index (κ2) is 10.5. The van der Waals surface area contributed by atoms with Crippen LogP contribution in [0.5, 0.6) is 0 Å². The molecule has 0 radical (unpaired) electrons. The van der Waals surface area contributed by atoms with Crippen molar-refractivity contribution >= 4 is 43.9 Å². The summed E-state index contributed by atoms with van der Waals surface area (Å²) in [4.78, 5) is 30.0. The van der Waals surface area contributed by atoms with Crippen molar-refractivity contribution in [2.45, 2.75) is 65.7 Å². The van der Waals surface area contributed by atoms with Crippen molar-refractivity contribution < 1.29 is 27.1 Å². The van der Waals surface area contributed by atoms with Crippen LogP contribution in [-0.2, 0) is 15.5 Å². The molecule has 1 aliphatic rings. The van der Waals surface area contributed by atoms with Crippen molar-refractivity contribution in [3.05, 3.63) is 59.4 Å². The van der Waals surface area contributed by atoms with Gasteiger partial charge in [-0.15, -0.1) is 0 Å². The van der Waals surface area contributed by atoms with Crippen molar-refractivity contribution in [2.24, 2.45) is 0 Å². The minimum absolute atomic E-state index is 0.0838. The van der Waals surface area contributed by atoms with E-state index in [1.807, 2.05) is 38.1 Å². The van der Waals surface area contributed by atoms with E-state index in [1.165, 1.54) is 0 Å². The van der Waals surface area contributed by atoms with Crippen molar-refractivity contribution in [2.75, 3.05) is 12.3 Å². The van der Waals surface area contributed by atoms with Crippen LogP contribution in [0.15, 0.2) is 42.5 Å². The summed E-state index contributed by atoms with van der Waals surface area (Å²) in [5.74, 6) is -0.501. The Balaban J connectivity index is 1.96. The van der Waals surface area contributed by atoms with E-state index in [-0.39, 0.29) is 29.2 Å². The van der Waals surface area contributed by atoms with Crippen molar-refractivity contribution in [3.8, 4) is 11.1 Å². The third-order valence-corrected chi connectivity index (χ3v) is 8.36. The average Bonchev–Trinajstić information content (AvgIpc) is 3.07. The normalized spacial score (nSPS) is 14.7. The highest BCUT2D eigenvalue weighted by molar-refractivity contribution is 7.85. The maximum absolute atomic E-state index is 12.9. The lowest BCUT2D eigenvalue weighted by Crippen LogP contribution is -2.27. The van der Waals surface area contributed by atoms with Crippen LogP contribution in [-0.4, -0.2) is 52.1 Å². The quantitative estimate of drug-likeness (QED) is 0.190. The number of carbonyl (C=O) groups is 2.